The molecule has 0 aliphatic rings. The largest absolute Gasteiger partial charge is 0.271 e. The molecule has 1 aromatic heterocycles. The van der Waals surface area contributed by atoms with Crippen LogP contribution in [0.5, 0.6) is 0 Å². The third-order valence-corrected chi connectivity index (χ3v) is 3.44. The first-order valence-corrected chi connectivity index (χ1v) is 5.54. The minimum absolute atomic E-state index is 0.204. The summed E-state index contributed by atoms with van der Waals surface area (Å²) in [5.74, 6) is 5.58. The summed E-state index contributed by atoms with van der Waals surface area (Å²) in [5, 5.41) is 4.24. The molecule has 0 aliphatic carbocycles. The van der Waals surface area contributed by atoms with Gasteiger partial charge in [-0.3, -0.25) is 11.3 Å². The lowest BCUT2D eigenvalue weighted by molar-refractivity contribution is 0.236. The molecule has 0 saturated carbocycles. The van der Waals surface area contributed by atoms with Crippen LogP contribution in [0.4, 0.5) is 0 Å². The second-order valence-electron chi connectivity index (χ2n) is 4.00. The maximum Gasteiger partial charge on any atom is 0.0519 e. The minimum Gasteiger partial charge on any atom is -0.271 e. The number of hydrogen-bond donors (Lipinski definition) is 2. The van der Waals surface area contributed by atoms with Gasteiger partial charge in [0.1, 0.15) is 0 Å². The fraction of sp³-hybridized carbons (Fsp3) is 0.600. The van der Waals surface area contributed by atoms with Crippen molar-refractivity contribution in [3.8, 4) is 0 Å². The van der Waals surface area contributed by atoms with Gasteiger partial charge in [-0.25, -0.2) is 0 Å². The maximum atomic E-state index is 5.58. The predicted octanol–water partition coefficient (Wildman–Crippen LogP) is 2.69. The molecular formula is C10H18N2S. The maximum absolute atomic E-state index is 5.58. The van der Waals surface area contributed by atoms with Gasteiger partial charge in [0.15, 0.2) is 0 Å². The highest BCUT2D eigenvalue weighted by molar-refractivity contribution is 7.07. The van der Waals surface area contributed by atoms with E-state index in [1.165, 1.54) is 5.56 Å². The molecule has 0 aromatic carbocycles. The van der Waals surface area contributed by atoms with E-state index in [1.54, 1.807) is 11.3 Å². The van der Waals surface area contributed by atoms with E-state index in [0.29, 0.717) is 0 Å². The number of nitrogens with two attached hydrogens (primary N) is 1. The molecule has 2 nitrogen and oxygen atoms in total. The normalized spacial score (nSPS) is 14.5. The van der Waals surface area contributed by atoms with Gasteiger partial charge in [-0.05, 0) is 34.2 Å². The Labute approximate surface area is 84.1 Å². The van der Waals surface area contributed by atoms with Crippen molar-refractivity contribution in [3.63, 3.8) is 0 Å². The average Bonchev–Trinajstić information content (AvgIpc) is 2.58. The van der Waals surface area contributed by atoms with Crippen LogP contribution >= 0.6 is 11.3 Å². The molecule has 3 N–H and O–H groups in total. The molecule has 0 amide bonds. The van der Waals surface area contributed by atoms with Gasteiger partial charge in [0.2, 0.25) is 0 Å². The van der Waals surface area contributed by atoms with Crippen molar-refractivity contribution in [3.05, 3.63) is 22.4 Å². The first-order valence-electron chi connectivity index (χ1n) is 4.60. The Morgan fingerprint density at radius 3 is 2.69 bits per heavy atom. The van der Waals surface area contributed by atoms with Gasteiger partial charge in [-0.15, -0.1) is 0 Å². The first kappa shape index (κ1) is 10.7. The quantitative estimate of drug-likeness (QED) is 0.576. The summed E-state index contributed by atoms with van der Waals surface area (Å²) in [6, 6.07) is 2.39. The lowest BCUT2D eigenvalue weighted by Crippen LogP contribution is -2.37. The lowest BCUT2D eigenvalue weighted by atomic mass is 9.79. The van der Waals surface area contributed by atoms with Gasteiger partial charge >= 0.3 is 0 Å². The van der Waals surface area contributed by atoms with Crippen molar-refractivity contribution in [2.75, 3.05) is 0 Å². The van der Waals surface area contributed by atoms with Crippen molar-refractivity contribution >= 4 is 11.3 Å². The van der Waals surface area contributed by atoms with Crippen molar-refractivity contribution < 1.29 is 0 Å². The predicted molar refractivity (Wildman–Crippen MR) is 58.5 cm³/mol. The Balaban J connectivity index is 2.86. The zero-order valence-electron chi connectivity index (χ0n) is 8.50. The second kappa shape index (κ2) is 4.22. The monoisotopic (exact) mass is 198 g/mol. The van der Waals surface area contributed by atoms with Gasteiger partial charge in [0, 0.05) is 0 Å². The number of nitrogens with one attached hydrogen (secondary N) is 1. The highest BCUT2D eigenvalue weighted by Crippen LogP contribution is 2.36. The van der Waals surface area contributed by atoms with Crippen molar-refractivity contribution in [2.24, 2.45) is 11.3 Å². The van der Waals surface area contributed by atoms with Gasteiger partial charge in [0.25, 0.3) is 0 Å². The smallest absolute Gasteiger partial charge is 0.0519 e. The van der Waals surface area contributed by atoms with E-state index in [2.05, 4.69) is 43.0 Å². The topological polar surface area (TPSA) is 38.0 Å². The van der Waals surface area contributed by atoms with Gasteiger partial charge in [-0.2, -0.15) is 11.3 Å². The zero-order chi connectivity index (χ0) is 9.90. The Morgan fingerprint density at radius 2 is 2.31 bits per heavy atom. The van der Waals surface area contributed by atoms with E-state index in [-0.39, 0.29) is 11.5 Å². The van der Waals surface area contributed by atoms with E-state index >= 15 is 0 Å². The third-order valence-electron chi connectivity index (χ3n) is 2.74. The molecule has 0 spiro atoms. The van der Waals surface area contributed by atoms with E-state index in [1.807, 2.05) is 0 Å². The molecule has 1 heterocycles. The Kier molecular flexibility index (Phi) is 3.47. The number of thiophene rings is 1. The summed E-state index contributed by atoms with van der Waals surface area (Å²) in [6.45, 7) is 6.65. The van der Waals surface area contributed by atoms with Crippen LogP contribution in [0.1, 0.15) is 38.8 Å². The van der Waals surface area contributed by atoms with Crippen molar-refractivity contribution in [2.45, 2.75) is 33.2 Å². The van der Waals surface area contributed by atoms with Crippen LogP contribution in [-0.4, -0.2) is 0 Å². The van der Waals surface area contributed by atoms with E-state index in [9.17, 15) is 0 Å². The number of hydrazine groups is 1. The van der Waals surface area contributed by atoms with Gasteiger partial charge in [-0.1, -0.05) is 20.8 Å². The molecule has 1 atom stereocenters. The highest BCUT2D eigenvalue weighted by atomic mass is 32.1. The van der Waals surface area contributed by atoms with E-state index in [0.717, 1.165) is 6.42 Å². The molecule has 1 aromatic rings. The average molecular weight is 198 g/mol. The second-order valence-corrected chi connectivity index (χ2v) is 4.78. The van der Waals surface area contributed by atoms with Crippen LogP contribution in [0.25, 0.3) is 0 Å². The van der Waals surface area contributed by atoms with Crippen LogP contribution in [0, 0.1) is 5.41 Å². The van der Waals surface area contributed by atoms with Crippen LogP contribution in [0.3, 0.4) is 0 Å². The van der Waals surface area contributed by atoms with Crippen LogP contribution in [0.15, 0.2) is 16.8 Å². The fourth-order valence-corrected chi connectivity index (χ4v) is 2.10. The molecule has 0 radical (unpaired) electrons. The SMILES string of the molecule is CCC(C)(C)C(NN)c1ccsc1. The molecule has 0 fully saturated rings. The summed E-state index contributed by atoms with van der Waals surface area (Å²) >= 11 is 1.71. The molecule has 0 bridgehead atoms. The van der Waals surface area contributed by atoms with Crippen molar-refractivity contribution in [1.82, 2.24) is 5.43 Å². The molecule has 3 heteroatoms. The molecule has 1 unspecified atom stereocenters. The molecule has 13 heavy (non-hydrogen) atoms. The summed E-state index contributed by atoms with van der Waals surface area (Å²) in [5.41, 5.74) is 4.40. The highest BCUT2D eigenvalue weighted by Gasteiger charge is 2.28. The van der Waals surface area contributed by atoms with Gasteiger partial charge < -0.3 is 0 Å². The van der Waals surface area contributed by atoms with Crippen LogP contribution in [0.2, 0.25) is 0 Å². The van der Waals surface area contributed by atoms with E-state index < -0.39 is 0 Å². The fourth-order valence-electron chi connectivity index (χ4n) is 1.42. The Hall–Kier alpha value is -0.380. The third kappa shape index (κ3) is 2.30. The van der Waals surface area contributed by atoms with Gasteiger partial charge in [0.05, 0.1) is 6.04 Å². The molecule has 74 valence electrons. The van der Waals surface area contributed by atoms with Crippen molar-refractivity contribution in [1.29, 1.82) is 0 Å². The summed E-state index contributed by atoms with van der Waals surface area (Å²) in [6.07, 6.45) is 1.11. The summed E-state index contributed by atoms with van der Waals surface area (Å²) in [4.78, 5) is 0. The minimum atomic E-state index is 0.204. The van der Waals surface area contributed by atoms with E-state index in [4.69, 9.17) is 5.84 Å². The summed E-state index contributed by atoms with van der Waals surface area (Å²) < 4.78 is 0. The standard InChI is InChI=1S/C10H18N2S/c1-4-10(2,3)9(12-11)8-5-6-13-7-8/h5-7,9,12H,4,11H2,1-3H3. The molecule has 0 aliphatic heterocycles. The number of hydrogen-bond acceptors (Lipinski definition) is 3. The molecular weight excluding hydrogens is 180 g/mol. The molecule has 0 saturated heterocycles. The summed E-state index contributed by atoms with van der Waals surface area (Å²) in [7, 11) is 0. The Morgan fingerprint density at radius 1 is 1.62 bits per heavy atom. The van der Waals surface area contributed by atoms with Crippen LogP contribution in [-0.2, 0) is 0 Å². The lowest BCUT2D eigenvalue weighted by Gasteiger charge is -2.32. The Bertz CT molecular complexity index is 241. The molecule has 1 rings (SSSR count). The van der Waals surface area contributed by atoms with Crippen LogP contribution < -0.4 is 11.3 Å². The first-order chi connectivity index (χ1) is 6.11. The number of rotatable bonds is 4. The zero-order valence-corrected chi connectivity index (χ0v) is 9.32.